The molecule has 1 N–H and O–H groups in total. The number of furan rings is 1. The molecule has 0 atom stereocenters. The van der Waals surface area contributed by atoms with Gasteiger partial charge in [0.05, 0.1) is 0 Å². The monoisotopic (exact) mass is 462 g/mol. The number of anilines is 1. The summed E-state index contributed by atoms with van der Waals surface area (Å²) in [5.74, 6) is 1.55. The summed E-state index contributed by atoms with van der Waals surface area (Å²) in [7, 11) is 0. The van der Waals surface area contributed by atoms with E-state index in [1.807, 2.05) is 96.8 Å². The molecule has 0 saturated carbocycles. The molecule has 0 unspecified atom stereocenters. The smallest absolute Gasteiger partial charge is 0.254 e. The van der Waals surface area contributed by atoms with E-state index >= 15 is 0 Å². The molecule has 5 nitrogen and oxygen atoms in total. The van der Waals surface area contributed by atoms with E-state index in [1.165, 1.54) is 6.08 Å². The van der Waals surface area contributed by atoms with E-state index in [9.17, 15) is 9.59 Å². The number of rotatable bonds is 5. The number of amides is 2. The quantitative estimate of drug-likeness (QED) is 0.364. The van der Waals surface area contributed by atoms with Crippen molar-refractivity contribution in [3.05, 3.63) is 119 Å². The Balaban J connectivity index is 1.23. The zero-order valence-corrected chi connectivity index (χ0v) is 19.5. The Morgan fingerprint density at radius 1 is 0.943 bits per heavy atom. The van der Waals surface area contributed by atoms with Gasteiger partial charge in [0.2, 0.25) is 5.91 Å². The zero-order valence-electron chi connectivity index (χ0n) is 19.5. The largest absolute Gasteiger partial charge is 0.461 e. The molecule has 5 heteroatoms. The maximum absolute atomic E-state index is 12.9. The Kier molecular flexibility index (Phi) is 6.31. The second-order valence-electron chi connectivity index (χ2n) is 8.71. The van der Waals surface area contributed by atoms with Gasteiger partial charge in [-0.05, 0) is 61.0 Å². The Morgan fingerprint density at radius 3 is 2.43 bits per heavy atom. The molecule has 3 aromatic carbocycles. The number of fused-ring (bicyclic) bond motifs is 1. The van der Waals surface area contributed by atoms with Gasteiger partial charge >= 0.3 is 0 Å². The van der Waals surface area contributed by atoms with Crippen LogP contribution in [0.25, 0.3) is 17.4 Å². The summed E-state index contributed by atoms with van der Waals surface area (Å²) in [4.78, 5) is 27.0. The summed E-state index contributed by atoms with van der Waals surface area (Å²) in [6, 6.07) is 27.0. The number of hydrogen-bond acceptors (Lipinski definition) is 3. The van der Waals surface area contributed by atoms with Crippen molar-refractivity contribution in [2.75, 3.05) is 11.9 Å². The van der Waals surface area contributed by atoms with Gasteiger partial charge < -0.3 is 14.6 Å². The minimum atomic E-state index is -0.187. The topological polar surface area (TPSA) is 62.6 Å². The molecule has 0 spiro atoms. The van der Waals surface area contributed by atoms with Crippen LogP contribution in [0.5, 0.6) is 0 Å². The van der Waals surface area contributed by atoms with Crippen molar-refractivity contribution >= 4 is 23.6 Å². The number of nitrogens with one attached hydrogen (secondary N) is 1. The van der Waals surface area contributed by atoms with E-state index in [1.54, 1.807) is 6.08 Å². The number of carbonyl (C=O) groups excluding carboxylic acids is 2. The van der Waals surface area contributed by atoms with Crippen molar-refractivity contribution in [2.45, 2.75) is 19.9 Å². The van der Waals surface area contributed by atoms with Crippen LogP contribution in [0.2, 0.25) is 0 Å². The molecular formula is C30H26N2O3. The standard InChI is InChI=1S/C30H26N2O3/c1-21-7-10-24(11-8-21)30(34)32-18-17-27-25(20-32)19-28(35-27)23-12-14-26(15-13-23)31-29(33)16-9-22-5-3-2-4-6-22/h2-16,19H,17-18,20H2,1H3,(H,31,33). The summed E-state index contributed by atoms with van der Waals surface area (Å²) < 4.78 is 6.11. The number of hydrogen-bond donors (Lipinski definition) is 1. The molecule has 0 aliphatic carbocycles. The molecule has 0 saturated heterocycles. The van der Waals surface area contributed by atoms with Gasteiger partial charge in [0.1, 0.15) is 11.5 Å². The summed E-state index contributed by atoms with van der Waals surface area (Å²) >= 11 is 0. The van der Waals surface area contributed by atoms with Gasteiger partial charge in [-0.1, -0.05) is 48.0 Å². The van der Waals surface area contributed by atoms with E-state index in [0.717, 1.165) is 33.8 Å². The zero-order chi connectivity index (χ0) is 24.2. The van der Waals surface area contributed by atoms with Gasteiger partial charge in [0.25, 0.3) is 5.91 Å². The molecule has 1 aliphatic rings. The van der Waals surface area contributed by atoms with Crippen LogP contribution in [-0.2, 0) is 17.8 Å². The summed E-state index contributed by atoms with van der Waals surface area (Å²) in [6.07, 6.45) is 3.99. The minimum Gasteiger partial charge on any atom is -0.461 e. The fraction of sp³-hybridized carbons (Fsp3) is 0.133. The Labute approximate surface area is 204 Å². The van der Waals surface area contributed by atoms with Crippen molar-refractivity contribution in [1.82, 2.24) is 4.90 Å². The molecule has 0 bridgehead atoms. The Hall–Kier alpha value is -4.38. The van der Waals surface area contributed by atoms with Crippen LogP contribution in [0.4, 0.5) is 5.69 Å². The first-order chi connectivity index (χ1) is 17.0. The van der Waals surface area contributed by atoms with Crippen LogP contribution in [0.15, 0.2) is 95.4 Å². The molecule has 174 valence electrons. The molecule has 35 heavy (non-hydrogen) atoms. The van der Waals surface area contributed by atoms with E-state index in [0.29, 0.717) is 30.8 Å². The second-order valence-corrected chi connectivity index (χ2v) is 8.71. The number of carbonyl (C=O) groups is 2. The lowest BCUT2D eigenvalue weighted by Crippen LogP contribution is -2.35. The highest BCUT2D eigenvalue weighted by Crippen LogP contribution is 2.30. The summed E-state index contributed by atoms with van der Waals surface area (Å²) in [5, 5.41) is 2.88. The first-order valence-corrected chi connectivity index (χ1v) is 11.7. The molecule has 0 radical (unpaired) electrons. The molecule has 1 aliphatic heterocycles. The molecule has 1 aromatic heterocycles. The van der Waals surface area contributed by atoms with E-state index in [4.69, 9.17) is 4.42 Å². The molecule has 0 fully saturated rings. The average Bonchev–Trinajstić information content (AvgIpc) is 3.32. The third-order valence-corrected chi connectivity index (χ3v) is 6.12. The van der Waals surface area contributed by atoms with Gasteiger partial charge in [-0.15, -0.1) is 0 Å². The van der Waals surface area contributed by atoms with Crippen LogP contribution in [0.3, 0.4) is 0 Å². The Bertz CT molecular complexity index is 1370. The van der Waals surface area contributed by atoms with E-state index in [2.05, 4.69) is 5.32 Å². The number of nitrogens with zero attached hydrogens (tertiary/aromatic N) is 1. The Morgan fingerprint density at radius 2 is 1.69 bits per heavy atom. The van der Waals surface area contributed by atoms with Crippen molar-refractivity contribution in [3.8, 4) is 11.3 Å². The van der Waals surface area contributed by atoms with Gasteiger partial charge in [-0.25, -0.2) is 0 Å². The van der Waals surface area contributed by atoms with Gasteiger partial charge in [-0.3, -0.25) is 9.59 Å². The maximum Gasteiger partial charge on any atom is 0.254 e. The molecular weight excluding hydrogens is 436 g/mol. The highest BCUT2D eigenvalue weighted by molar-refractivity contribution is 6.02. The van der Waals surface area contributed by atoms with Gasteiger partial charge in [0.15, 0.2) is 0 Å². The molecule has 2 heterocycles. The van der Waals surface area contributed by atoms with Crippen LogP contribution in [-0.4, -0.2) is 23.3 Å². The lowest BCUT2D eigenvalue weighted by Gasteiger charge is -2.26. The second kappa shape index (κ2) is 9.85. The molecule has 4 aromatic rings. The highest BCUT2D eigenvalue weighted by atomic mass is 16.3. The maximum atomic E-state index is 12.9. The summed E-state index contributed by atoms with van der Waals surface area (Å²) in [6.45, 7) is 3.18. The number of benzene rings is 3. The highest BCUT2D eigenvalue weighted by Gasteiger charge is 2.25. The van der Waals surface area contributed by atoms with Crippen LogP contribution >= 0.6 is 0 Å². The first kappa shape index (κ1) is 22.4. The van der Waals surface area contributed by atoms with Crippen LogP contribution in [0, 0.1) is 6.92 Å². The van der Waals surface area contributed by atoms with E-state index < -0.39 is 0 Å². The predicted molar refractivity (Wildman–Crippen MR) is 138 cm³/mol. The fourth-order valence-corrected chi connectivity index (χ4v) is 4.17. The first-order valence-electron chi connectivity index (χ1n) is 11.7. The molecule has 2 amide bonds. The molecule has 5 rings (SSSR count). The van der Waals surface area contributed by atoms with Crippen molar-refractivity contribution in [2.24, 2.45) is 0 Å². The normalized spacial score (nSPS) is 13.0. The lowest BCUT2D eigenvalue weighted by atomic mass is 10.1. The summed E-state index contributed by atoms with van der Waals surface area (Å²) in [5.41, 5.74) is 5.49. The van der Waals surface area contributed by atoms with Crippen LogP contribution in [0.1, 0.15) is 32.8 Å². The predicted octanol–water partition coefficient (Wildman–Crippen LogP) is 6.11. The third kappa shape index (κ3) is 5.25. The van der Waals surface area contributed by atoms with Gasteiger partial charge in [0, 0.05) is 48.0 Å². The lowest BCUT2D eigenvalue weighted by molar-refractivity contribution is -0.111. The van der Waals surface area contributed by atoms with Crippen molar-refractivity contribution in [3.63, 3.8) is 0 Å². The average molecular weight is 463 g/mol. The third-order valence-electron chi connectivity index (χ3n) is 6.12. The van der Waals surface area contributed by atoms with Crippen molar-refractivity contribution in [1.29, 1.82) is 0 Å². The van der Waals surface area contributed by atoms with E-state index in [-0.39, 0.29) is 11.8 Å². The SMILES string of the molecule is Cc1ccc(C(=O)N2CCc3oc(-c4ccc(NC(=O)C=Cc5ccccc5)cc4)cc3C2)cc1. The van der Waals surface area contributed by atoms with Crippen LogP contribution < -0.4 is 5.32 Å². The fourth-order valence-electron chi connectivity index (χ4n) is 4.17. The minimum absolute atomic E-state index is 0.0415. The van der Waals surface area contributed by atoms with Crippen molar-refractivity contribution < 1.29 is 14.0 Å². The number of aryl methyl sites for hydroxylation is 1. The van der Waals surface area contributed by atoms with Gasteiger partial charge in [-0.2, -0.15) is 0 Å².